The van der Waals surface area contributed by atoms with E-state index in [1.807, 2.05) is 27.7 Å². The lowest BCUT2D eigenvalue weighted by Crippen LogP contribution is -1.61. The normalized spacial score (nSPS) is 7.50. The van der Waals surface area contributed by atoms with Crippen molar-refractivity contribution in [3.63, 3.8) is 0 Å². The van der Waals surface area contributed by atoms with Crippen molar-refractivity contribution >= 4 is 0 Å². The molecule has 0 spiro atoms. The van der Waals surface area contributed by atoms with Crippen molar-refractivity contribution < 1.29 is 4.39 Å². The fourth-order valence-electron chi connectivity index (χ4n) is 0.233. The van der Waals surface area contributed by atoms with Gasteiger partial charge in [-0.15, -0.1) is 0 Å². The first-order valence-electron chi connectivity index (χ1n) is 4.31. The molecule has 0 saturated carbocycles. The second-order valence-electron chi connectivity index (χ2n) is 1.63. The van der Waals surface area contributed by atoms with E-state index in [0.717, 1.165) is 5.57 Å². The minimum Gasteiger partial charge on any atom is -0.208 e. The number of rotatable bonds is 2. The van der Waals surface area contributed by atoms with Crippen LogP contribution in [0.25, 0.3) is 0 Å². The maximum atomic E-state index is 11.7. The summed E-state index contributed by atoms with van der Waals surface area (Å²) < 4.78 is 11.7. The van der Waals surface area contributed by atoms with E-state index in [0.29, 0.717) is 0 Å². The van der Waals surface area contributed by atoms with Crippen LogP contribution in [0.4, 0.5) is 4.39 Å². The van der Waals surface area contributed by atoms with E-state index in [-0.39, 0.29) is 0 Å². The second kappa shape index (κ2) is 16.6. The average Bonchev–Trinajstić information content (AvgIpc) is 2.08. The summed E-state index contributed by atoms with van der Waals surface area (Å²) in [6.45, 7) is 16.4. The van der Waals surface area contributed by atoms with Crippen LogP contribution in [0.1, 0.15) is 34.6 Å². The Labute approximate surface area is 76.5 Å². The smallest absolute Gasteiger partial charge is 0.116 e. The lowest BCUT2D eigenvalue weighted by Gasteiger charge is -1.81. The Balaban J connectivity index is -0.000000175. The van der Waals surface area contributed by atoms with Gasteiger partial charge in [0.2, 0.25) is 0 Å². The molecule has 0 atom stereocenters. The van der Waals surface area contributed by atoms with Gasteiger partial charge in [-0.2, -0.15) is 0 Å². The van der Waals surface area contributed by atoms with Crippen molar-refractivity contribution in [2.45, 2.75) is 34.6 Å². The third-order valence-corrected chi connectivity index (χ3v) is 0.549. The molecular formula is C11H21F. The summed E-state index contributed by atoms with van der Waals surface area (Å²) in [5.74, 6) is -0.437. The first-order valence-corrected chi connectivity index (χ1v) is 4.31. The van der Waals surface area contributed by atoms with Crippen molar-refractivity contribution in [3.8, 4) is 0 Å². The van der Waals surface area contributed by atoms with E-state index in [1.54, 1.807) is 13.0 Å². The third-order valence-electron chi connectivity index (χ3n) is 0.549. The molecular weight excluding hydrogens is 151 g/mol. The summed E-state index contributed by atoms with van der Waals surface area (Å²) in [6.07, 6.45) is 2.85. The Morgan fingerprint density at radius 2 is 1.33 bits per heavy atom. The van der Waals surface area contributed by atoms with Gasteiger partial charge in [0, 0.05) is 0 Å². The number of hydrogen-bond donors (Lipinski definition) is 0. The fraction of sp³-hybridized carbons (Fsp3) is 0.455. The molecule has 0 saturated heterocycles. The highest BCUT2D eigenvalue weighted by molar-refractivity contribution is 5.18. The Morgan fingerprint density at radius 1 is 1.00 bits per heavy atom. The minimum atomic E-state index is -0.437. The van der Waals surface area contributed by atoms with Gasteiger partial charge in [-0.3, -0.25) is 0 Å². The van der Waals surface area contributed by atoms with Gasteiger partial charge in [-0.05, 0) is 13.0 Å². The van der Waals surface area contributed by atoms with Gasteiger partial charge in [-0.25, -0.2) is 4.39 Å². The van der Waals surface area contributed by atoms with Crippen LogP contribution < -0.4 is 0 Å². The standard InChI is InChI=1S/C7H9F.2C2H6/c1-6(2)4-5-7(3)8;2*1-2/h4-5H,1,3H2,2H3;2*1-2H3/b5-4-;;. The largest absolute Gasteiger partial charge is 0.208 e. The summed E-state index contributed by atoms with van der Waals surface area (Å²) in [5, 5.41) is 0. The van der Waals surface area contributed by atoms with Gasteiger partial charge < -0.3 is 0 Å². The van der Waals surface area contributed by atoms with Gasteiger partial charge in [0.05, 0.1) is 0 Å². The van der Waals surface area contributed by atoms with E-state index >= 15 is 0 Å². The summed E-state index contributed by atoms with van der Waals surface area (Å²) in [4.78, 5) is 0. The van der Waals surface area contributed by atoms with Crippen molar-refractivity contribution in [2.24, 2.45) is 0 Å². The highest BCUT2D eigenvalue weighted by Gasteiger charge is 1.76. The van der Waals surface area contributed by atoms with E-state index in [9.17, 15) is 4.39 Å². The van der Waals surface area contributed by atoms with Crippen LogP contribution in [0.3, 0.4) is 0 Å². The predicted molar refractivity (Wildman–Crippen MR) is 56.9 cm³/mol. The SMILES string of the molecule is C=C(C)/C=C\C(=C)F.CC.CC. The van der Waals surface area contributed by atoms with Crippen molar-refractivity contribution in [3.05, 3.63) is 36.7 Å². The first-order chi connectivity index (χ1) is 5.63. The quantitative estimate of drug-likeness (QED) is 0.532. The predicted octanol–water partition coefficient (Wildman–Crippen LogP) is 4.65. The summed E-state index contributed by atoms with van der Waals surface area (Å²) in [5.41, 5.74) is 0.823. The summed E-state index contributed by atoms with van der Waals surface area (Å²) in [6, 6.07) is 0. The monoisotopic (exact) mass is 172 g/mol. The molecule has 0 aliphatic rings. The minimum absolute atomic E-state index is 0.437. The zero-order chi connectivity index (χ0) is 10.6. The molecule has 0 heterocycles. The molecule has 0 aromatic carbocycles. The van der Waals surface area contributed by atoms with Crippen LogP contribution in [-0.4, -0.2) is 0 Å². The van der Waals surface area contributed by atoms with E-state index in [4.69, 9.17) is 0 Å². The Bertz CT molecular complexity index is 116. The van der Waals surface area contributed by atoms with E-state index in [2.05, 4.69) is 13.2 Å². The van der Waals surface area contributed by atoms with Crippen LogP contribution >= 0.6 is 0 Å². The molecule has 0 aromatic rings. The van der Waals surface area contributed by atoms with Gasteiger partial charge in [0.15, 0.2) is 0 Å². The molecule has 0 bridgehead atoms. The molecule has 0 aliphatic carbocycles. The summed E-state index contributed by atoms with van der Waals surface area (Å²) >= 11 is 0. The van der Waals surface area contributed by atoms with Gasteiger partial charge in [-0.1, -0.05) is 52.5 Å². The second-order valence-corrected chi connectivity index (χ2v) is 1.63. The highest BCUT2D eigenvalue weighted by Crippen LogP contribution is 1.96. The van der Waals surface area contributed by atoms with E-state index < -0.39 is 5.83 Å². The van der Waals surface area contributed by atoms with Gasteiger partial charge >= 0.3 is 0 Å². The Hall–Kier alpha value is -0.850. The molecule has 0 aromatic heterocycles. The molecule has 0 radical (unpaired) electrons. The average molecular weight is 172 g/mol. The maximum Gasteiger partial charge on any atom is 0.116 e. The van der Waals surface area contributed by atoms with Crippen LogP contribution in [0.5, 0.6) is 0 Å². The molecule has 0 rings (SSSR count). The Kier molecular flexibility index (Phi) is 24.0. The topological polar surface area (TPSA) is 0 Å². The summed E-state index contributed by atoms with van der Waals surface area (Å²) in [7, 11) is 0. The van der Waals surface area contributed by atoms with Crippen LogP contribution in [-0.2, 0) is 0 Å². The van der Waals surface area contributed by atoms with Gasteiger partial charge in [0.25, 0.3) is 0 Å². The van der Waals surface area contributed by atoms with Crippen LogP contribution in [0.2, 0.25) is 0 Å². The molecule has 1 heteroatoms. The van der Waals surface area contributed by atoms with Crippen molar-refractivity contribution in [1.82, 2.24) is 0 Å². The Morgan fingerprint density at radius 3 is 1.42 bits per heavy atom. The van der Waals surface area contributed by atoms with E-state index in [1.165, 1.54) is 6.08 Å². The molecule has 72 valence electrons. The molecule has 0 nitrogen and oxygen atoms in total. The number of halogens is 1. The molecule has 0 aliphatic heterocycles. The number of allylic oxidation sites excluding steroid dienone is 4. The van der Waals surface area contributed by atoms with Crippen molar-refractivity contribution in [1.29, 1.82) is 0 Å². The molecule has 0 unspecified atom stereocenters. The number of hydrogen-bond acceptors (Lipinski definition) is 0. The van der Waals surface area contributed by atoms with Crippen molar-refractivity contribution in [2.75, 3.05) is 0 Å². The third kappa shape index (κ3) is 35.3. The zero-order valence-corrected chi connectivity index (χ0v) is 8.95. The maximum absolute atomic E-state index is 11.7. The first kappa shape index (κ1) is 17.3. The molecule has 0 fully saturated rings. The van der Waals surface area contributed by atoms with Crippen LogP contribution in [0, 0.1) is 0 Å². The lowest BCUT2D eigenvalue weighted by molar-refractivity contribution is 0.671. The molecule has 0 amide bonds. The van der Waals surface area contributed by atoms with Crippen LogP contribution in [0.15, 0.2) is 36.7 Å². The fourth-order valence-corrected chi connectivity index (χ4v) is 0.233. The highest BCUT2D eigenvalue weighted by atomic mass is 19.1. The lowest BCUT2D eigenvalue weighted by atomic mass is 10.3. The zero-order valence-electron chi connectivity index (χ0n) is 8.95. The van der Waals surface area contributed by atoms with Gasteiger partial charge in [0.1, 0.15) is 5.83 Å². The molecule has 12 heavy (non-hydrogen) atoms. The molecule has 0 N–H and O–H groups in total.